The van der Waals surface area contributed by atoms with Gasteiger partial charge < -0.3 is 4.74 Å². The molecule has 2 heteroatoms. The fourth-order valence-corrected chi connectivity index (χ4v) is 2.13. The van der Waals surface area contributed by atoms with E-state index in [2.05, 4.69) is 6.58 Å². The Morgan fingerprint density at radius 3 is 2.19 bits per heavy atom. The lowest BCUT2D eigenvalue weighted by Crippen LogP contribution is -2.15. The maximum Gasteiger partial charge on any atom is 0.306 e. The van der Waals surface area contributed by atoms with Crippen molar-refractivity contribution in [2.45, 2.75) is 70.3 Å². The fraction of sp³-hybridized carbons (Fsp3) is 0.786. The Kier molecular flexibility index (Phi) is 6.95. The molecule has 0 saturated carbocycles. The van der Waals surface area contributed by atoms with Crippen LogP contribution in [0.1, 0.15) is 64.2 Å². The van der Waals surface area contributed by atoms with Crippen molar-refractivity contribution in [1.82, 2.24) is 0 Å². The molecule has 1 atom stereocenters. The molecule has 2 nitrogen and oxygen atoms in total. The lowest BCUT2D eigenvalue weighted by Gasteiger charge is -2.13. The van der Waals surface area contributed by atoms with Gasteiger partial charge in [-0.15, -0.1) is 0 Å². The first kappa shape index (κ1) is 13.3. The monoisotopic (exact) mass is 224 g/mol. The quantitative estimate of drug-likeness (QED) is 0.497. The number of hydrogen-bond acceptors (Lipinski definition) is 2. The average molecular weight is 224 g/mol. The van der Waals surface area contributed by atoms with E-state index in [4.69, 9.17) is 4.74 Å². The molecule has 16 heavy (non-hydrogen) atoms. The first-order chi connectivity index (χ1) is 7.83. The van der Waals surface area contributed by atoms with Crippen LogP contribution in [0.2, 0.25) is 0 Å². The van der Waals surface area contributed by atoms with Gasteiger partial charge in [-0.1, -0.05) is 51.2 Å². The van der Waals surface area contributed by atoms with Crippen molar-refractivity contribution >= 4 is 5.97 Å². The van der Waals surface area contributed by atoms with Crippen LogP contribution in [0.3, 0.4) is 0 Å². The highest BCUT2D eigenvalue weighted by Crippen LogP contribution is 2.15. The largest absolute Gasteiger partial charge is 0.458 e. The van der Waals surface area contributed by atoms with Gasteiger partial charge in [0.1, 0.15) is 6.10 Å². The van der Waals surface area contributed by atoms with Crippen LogP contribution >= 0.6 is 0 Å². The molecular weight excluding hydrogens is 200 g/mol. The van der Waals surface area contributed by atoms with E-state index in [1.54, 1.807) is 6.08 Å². The van der Waals surface area contributed by atoms with E-state index >= 15 is 0 Å². The molecule has 92 valence electrons. The van der Waals surface area contributed by atoms with Gasteiger partial charge in [0.15, 0.2) is 0 Å². The highest BCUT2D eigenvalue weighted by atomic mass is 16.5. The van der Waals surface area contributed by atoms with Crippen LogP contribution < -0.4 is 0 Å². The Morgan fingerprint density at radius 1 is 1.00 bits per heavy atom. The Hall–Kier alpha value is -0.790. The number of ether oxygens (including phenoxy) is 1. The molecule has 1 aliphatic heterocycles. The summed E-state index contributed by atoms with van der Waals surface area (Å²) in [6.45, 7) is 3.73. The van der Waals surface area contributed by atoms with E-state index in [0.717, 1.165) is 25.7 Å². The zero-order chi connectivity index (χ0) is 11.6. The summed E-state index contributed by atoms with van der Waals surface area (Å²) in [5, 5.41) is 0. The van der Waals surface area contributed by atoms with E-state index in [9.17, 15) is 4.79 Å². The van der Waals surface area contributed by atoms with E-state index in [0.29, 0.717) is 6.42 Å². The van der Waals surface area contributed by atoms with Crippen molar-refractivity contribution in [2.75, 3.05) is 0 Å². The smallest absolute Gasteiger partial charge is 0.306 e. The topological polar surface area (TPSA) is 26.3 Å². The lowest BCUT2D eigenvalue weighted by atomic mass is 10.1. The Labute approximate surface area is 99.1 Å². The fourth-order valence-electron chi connectivity index (χ4n) is 2.13. The van der Waals surface area contributed by atoms with Gasteiger partial charge in [-0.25, -0.2) is 0 Å². The van der Waals surface area contributed by atoms with Crippen LogP contribution in [0, 0.1) is 0 Å². The van der Waals surface area contributed by atoms with Crippen molar-refractivity contribution < 1.29 is 9.53 Å². The maximum absolute atomic E-state index is 11.5. The van der Waals surface area contributed by atoms with Crippen LogP contribution in [-0.2, 0) is 9.53 Å². The zero-order valence-corrected chi connectivity index (χ0v) is 10.2. The number of carbonyl (C=O) groups excluding carboxylic acids is 1. The average Bonchev–Trinajstić information content (AvgIpc) is 2.30. The molecule has 0 amide bonds. The molecule has 0 aromatic heterocycles. The molecular formula is C14H24O2. The normalized spacial score (nSPS) is 25.8. The summed E-state index contributed by atoms with van der Waals surface area (Å²) in [7, 11) is 0. The van der Waals surface area contributed by atoms with E-state index in [1.165, 1.54) is 32.1 Å². The number of hydrogen-bond donors (Lipinski definition) is 0. The molecule has 1 aliphatic rings. The van der Waals surface area contributed by atoms with Crippen LogP contribution in [-0.4, -0.2) is 12.1 Å². The maximum atomic E-state index is 11.5. The predicted molar refractivity (Wildman–Crippen MR) is 66.2 cm³/mol. The Bertz CT molecular complexity index is 211. The third kappa shape index (κ3) is 5.94. The molecule has 0 N–H and O–H groups in total. The number of cyclic esters (lactones) is 1. The molecule has 0 aromatic carbocycles. The van der Waals surface area contributed by atoms with E-state index in [1.807, 2.05) is 0 Å². The second kappa shape index (κ2) is 8.37. The molecule has 1 fully saturated rings. The Balaban J connectivity index is 2.35. The Morgan fingerprint density at radius 2 is 1.56 bits per heavy atom. The number of rotatable bonds is 1. The van der Waals surface area contributed by atoms with Crippen LogP contribution in [0.5, 0.6) is 0 Å². The first-order valence-corrected chi connectivity index (χ1v) is 6.65. The molecule has 1 rings (SSSR count). The highest BCUT2D eigenvalue weighted by Gasteiger charge is 2.11. The van der Waals surface area contributed by atoms with E-state index in [-0.39, 0.29) is 12.1 Å². The van der Waals surface area contributed by atoms with Crippen molar-refractivity contribution in [1.29, 1.82) is 0 Å². The standard InChI is InChI=1S/C14H24O2/c1-2-13-11-9-7-5-3-4-6-8-10-12-14(15)16-13/h2,13H,1,3-12H2/t13-/m0/s1. The third-order valence-electron chi connectivity index (χ3n) is 3.17. The number of esters is 1. The molecule has 0 aromatic rings. The van der Waals surface area contributed by atoms with Crippen molar-refractivity contribution in [3.63, 3.8) is 0 Å². The van der Waals surface area contributed by atoms with Gasteiger partial charge in [-0.3, -0.25) is 4.79 Å². The molecule has 0 aliphatic carbocycles. The van der Waals surface area contributed by atoms with Gasteiger partial charge >= 0.3 is 5.97 Å². The van der Waals surface area contributed by atoms with E-state index < -0.39 is 0 Å². The summed E-state index contributed by atoms with van der Waals surface area (Å²) in [4.78, 5) is 11.5. The molecule has 0 radical (unpaired) electrons. The molecule has 0 bridgehead atoms. The van der Waals surface area contributed by atoms with Crippen LogP contribution in [0.15, 0.2) is 12.7 Å². The molecule has 1 saturated heterocycles. The minimum Gasteiger partial charge on any atom is -0.458 e. The second-order valence-corrected chi connectivity index (χ2v) is 4.63. The summed E-state index contributed by atoms with van der Waals surface area (Å²) in [5.41, 5.74) is 0. The SMILES string of the molecule is C=C[C@H]1CCCCCCCCCCC(=O)O1. The van der Waals surface area contributed by atoms with Crippen molar-refractivity contribution in [3.8, 4) is 0 Å². The van der Waals surface area contributed by atoms with Gasteiger partial charge in [-0.2, -0.15) is 0 Å². The molecule has 0 spiro atoms. The molecule has 0 unspecified atom stereocenters. The van der Waals surface area contributed by atoms with Gasteiger partial charge in [0.05, 0.1) is 0 Å². The van der Waals surface area contributed by atoms with Gasteiger partial charge in [0.2, 0.25) is 0 Å². The minimum absolute atomic E-state index is 0.0517. The summed E-state index contributed by atoms with van der Waals surface area (Å²) >= 11 is 0. The van der Waals surface area contributed by atoms with Gasteiger partial charge in [0.25, 0.3) is 0 Å². The lowest BCUT2D eigenvalue weighted by molar-refractivity contribution is -0.147. The second-order valence-electron chi connectivity index (χ2n) is 4.63. The third-order valence-corrected chi connectivity index (χ3v) is 3.17. The van der Waals surface area contributed by atoms with Crippen LogP contribution in [0.4, 0.5) is 0 Å². The summed E-state index contributed by atoms with van der Waals surface area (Å²) in [6.07, 6.45) is 13.0. The predicted octanol–water partition coefficient (Wildman–Crippen LogP) is 4.00. The number of carbonyl (C=O) groups is 1. The van der Waals surface area contributed by atoms with Crippen molar-refractivity contribution in [2.24, 2.45) is 0 Å². The van der Waals surface area contributed by atoms with Gasteiger partial charge in [0, 0.05) is 6.42 Å². The van der Waals surface area contributed by atoms with Crippen molar-refractivity contribution in [3.05, 3.63) is 12.7 Å². The zero-order valence-electron chi connectivity index (χ0n) is 10.2. The van der Waals surface area contributed by atoms with Crippen LogP contribution in [0.25, 0.3) is 0 Å². The molecule has 1 heterocycles. The summed E-state index contributed by atoms with van der Waals surface area (Å²) in [5.74, 6) is -0.0517. The first-order valence-electron chi connectivity index (χ1n) is 6.65. The summed E-state index contributed by atoms with van der Waals surface area (Å²) in [6, 6.07) is 0. The minimum atomic E-state index is -0.0618. The summed E-state index contributed by atoms with van der Waals surface area (Å²) < 4.78 is 5.36. The highest BCUT2D eigenvalue weighted by molar-refractivity contribution is 5.69. The van der Waals surface area contributed by atoms with Gasteiger partial charge in [-0.05, 0) is 19.3 Å².